The molecule has 0 spiro atoms. The van der Waals surface area contributed by atoms with E-state index in [1.807, 2.05) is 0 Å². The monoisotopic (exact) mass is 284 g/mol. The molecule has 4 nitrogen and oxygen atoms in total. The first-order valence-electron chi connectivity index (χ1n) is 7.00. The molecule has 1 aliphatic rings. The third-order valence-corrected chi connectivity index (χ3v) is 5.18. The average Bonchev–Trinajstić information content (AvgIpc) is 2.51. The molecule has 2 rings (SSSR count). The van der Waals surface area contributed by atoms with E-state index in [1.54, 1.807) is 4.31 Å². The SMILES string of the molecule is CCn1cc(C(C)C)c2c1CCCN(S(C)(=O)=O)C2. The normalized spacial score (nSPS) is 17.5. The molecule has 19 heavy (non-hydrogen) atoms. The fourth-order valence-corrected chi connectivity index (χ4v) is 3.71. The average molecular weight is 284 g/mol. The summed E-state index contributed by atoms with van der Waals surface area (Å²) in [6.07, 6.45) is 5.40. The fraction of sp³-hybridized carbons (Fsp3) is 0.714. The number of aromatic nitrogens is 1. The molecule has 0 N–H and O–H groups in total. The van der Waals surface area contributed by atoms with Gasteiger partial charge in [0, 0.05) is 31.5 Å². The van der Waals surface area contributed by atoms with E-state index in [2.05, 4.69) is 31.5 Å². The molecule has 0 saturated carbocycles. The van der Waals surface area contributed by atoms with Crippen LogP contribution in [0.15, 0.2) is 6.20 Å². The zero-order chi connectivity index (χ0) is 14.2. The first-order chi connectivity index (χ1) is 8.84. The third-order valence-electron chi connectivity index (χ3n) is 3.93. The van der Waals surface area contributed by atoms with Gasteiger partial charge in [-0.1, -0.05) is 13.8 Å². The summed E-state index contributed by atoms with van der Waals surface area (Å²) < 4.78 is 27.6. The quantitative estimate of drug-likeness (QED) is 0.855. The van der Waals surface area contributed by atoms with Crippen LogP contribution in [0.1, 0.15) is 49.9 Å². The van der Waals surface area contributed by atoms with Gasteiger partial charge in [-0.2, -0.15) is 4.31 Å². The molecule has 0 amide bonds. The Balaban J connectivity index is 2.48. The van der Waals surface area contributed by atoms with Crippen molar-refractivity contribution in [3.05, 3.63) is 23.0 Å². The first-order valence-corrected chi connectivity index (χ1v) is 8.85. The van der Waals surface area contributed by atoms with Crippen molar-refractivity contribution in [1.82, 2.24) is 8.87 Å². The topological polar surface area (TPSA) is 42.3 Å². The Morgan fingerprint density at radius 2 is 2.05 bits per heavy atom. The molecule has 5 heteroatoms. The summed E-state index contributed by atoms with van der Waals surface area (Å²) in [5.41, 5.74) is 3.87. The van der Waals surface area contributed by atoms with E-state index >= 15 is 0 Å². The van der Waals surface area contributed by atoms with E-state index in [0.29, 0.717) is 19.0 Å². The van der Waals surface area contributed by atoms with E-state index in [1.165, 1.54) is 23.1 Å². The molecule has 1 aliphatic heterocycles. The van der Waals surface area contributed by atoms with Gasteiger partial charge >= 0.3 is 0 Å². The number of fused-ring (bicyclic) bond motifs is 1. The van der Waals surface area contributed by atoms with Gasteiger partial charge in [-0.15, -0.1) is 0 Å². The maximum absolute atomic E-state index is 11.8. The molecule has 0 saturated heterocycles. The van der Waals surface area contributed by atoms with E-state index < -0.39 is 10.0 Å². The highest BCUT2D eigenvalue weighted by Gasteiger charge is 2.26. The zero-order valence-electron chi connectivity index (χ0n) is 12.3. The molecule has 1 aromatic rings. The Morgan fingerprint density at radius 1 is 1.37 bits per heavy atom. The number of sulfonamides is 1. The second-order valence-electron chi connectivity index (χ2n) is 5.65. The van der Waals surface area contributed by atoms with Gasteiger partial charge in [-0.25, -0.2) is 8.42 Å². The van der Waals surface area contributed by atoms with Crippen LogP contribution in [0, 0.1) is 0 Å². The van der Waals surface area contributed by atoms with Crippen LogP contribution in [0.2, 0.25) is 0 Å². The van der Waals surface area contributed by atoms with Crippen molar-refractivity contribution in [2.24, 2.45) is 0 Å². The highest BCUT2D eigenvalue weighted by Crippen LogP contribution is 2.30. The van der Waals surface area contributed by atoms with Crippen LogP contribution in [-0.4, -0.2) is 30.1 Å². The van der Waals surface area contributed by atoms with Gasteiger partial charge < -0.3 is 4.57 Å². The number of hydrogen-bond acceptors (Lipinski definition) is 2. The number of hydrogen-bond donors (Lipinski definition) is 0. The molecule has 2 heterocycles. The summed E-state index contributed by atoms with van der Waals surface area (Å²) >= 11 is 0. The van der Waals surface area contributed by atoms with Gasteiger partial charge in [0.25, 0.3) is 0 Å². The lowest BCUT2D eigenvalue weighted by molar-refractivity contribution is 0.412. The van der Waals surface area contributed by atoms with E-state index in [4.69, 9.17) is 0 Å². The lowest BCUT2D eigenvalue weighted by atomic mass is 10.00. The molecule has 0 fully saturated rings. The van der Waals surface area contributed by atoms with Gasteiger partial charge in [0.1, 0.15) is 0 Å². The highest BCUT2D eigenvalue weighted by atomic mass is 32.2. The molecule has 1 aromatic heterocycles. The predicted molar refractivity (Wildman–Crippen MR) is 77.8 cm³/mol. The third kappa shape index (κ3) is 2.87. The molecule has 0 atom stereocenters. The van der Waals surface area contributed by atoms with Crippen molar-refractivity contribution < 1.29 is 8.42 Å². The van der Waals surface area contributed by atoms with Crippen LogP contribution in [0.4, 0.5) is 0 Å². The van der Waals surface area contributed by atoms with Crippen molar-refractivity contribution in [2.45, 2.75) is 52.6 Å². The minimum atomic E-state index is -3.11. The first kappa shape index (κ1) is 14.6. The van der Waals surface area contributed by atoms with Crippen LogP contribution in [0.5, 0.6) is 0 Å². The Hall–Kier alpha value is -0.810. The predicted octanol–water partition coefficient (Wildman–Crippen LogP) is 2.34. The summed E-state index contributed by atoms with van der Waals surface area (Å²) in [4.78, 5) is 0. The lowest BCUT2D eigenvalue weighted by Gasteiger charge is -2.18. The summed E-state index contributed by atoms with van der Waals surface area (Å²) in [6, 6.07) is 0. The molecular weight excluding hydrogens is 260 g/mol. The van der Waals surface area contributed by atoms with Crippen molar-refractivity contribution in [1.29, 1.82) is 0 Å². The molecule has 0 radical (unpaired) electrons. The van der Waals surface area contributed by atoms with Crippen LogP contribution < -0.4 is 0 Å². The van der Waals surface area contributed by atoms with E-state index in [-0.39, 0.29) is 0 Å². The van der Waals surface area contributed by atoms with E-state index in [0.717, 1.165) is 19.4 Å². The van der Waals surface area contributed by atoms with Gasteiger partial charge in [0.15, 0.2) is 0 Å². The highest BCUT2D eigenvalue weighted by molar-refractivity contribution is 7.88. The number of aryl methyl sites for hydroxylation is 1. The molecule has 0 unspecified atom stereocenters. The standard InChI is InChI=1S/C14H24N2O2S/c1-5-15-9-12(11(2)3)13-10-16(19(4,17)18)8-6-7-14(13)15/h9,11H,5-8,10H2,1-4H3. The maximum atomic E-state index is 11.8. The zero-order valence-corrected chi connectivity index (χ0v) is 13.1. The summed E-state index contributed by atoms with van der Waals surface area (Å²) in [7, 11) is -3.11. The van der Waals surface area contributed by atoms with Crippen molar-refractivity contribution >= 4 is 10.0 Å². The molecule has 108 valence electrons. The maximum Gasteiger partial charge on any atom is 0.211 e. The second-order valence-corrected chi connectivity index (χ2v) is 7.63. The van der Waals surface area contributed by atoms with Gasteiger partial charge in [0.2, 0.25) is 10.0 Å². The summed E-state index contributed by atoms with van der Waals surface area (Å²) in [5, 5.41) is 0. The summed E-state index contributed by atoms with van der Waals surface area (Å²) in [6.45, 7) is 8.61. The Morgan fingerprint density at radius 3 is 2.58 bits per heavy atom. The van der Waals surface area contributed by atoms with Crippen molar-refractivity contribution in [3.63, 3.8) is 0 Å². The van der Waals surface area contributed by atoms with Crippen LogP contribution in [0.25, 0.3) is 0 Å². The van der Waals surface area contributed by atoms with Gasteiger partial charge in [-0.3, -0.25) is 0 Å². The van der Waals surface area contributed by atoms with E-state index in [9.17, 15) is 8.42 Å². The summed E-state index contributed by atoms with van der Waals surface area (Å²) in [5.74, 6) is 0.432. The molecular formula is C14H24N2O2S. The lowest BCUT2D eigenvalue weighted by Crippen LogP contribution is -2.29. The fourth-order valence-electron chi connectivity index (χ4n) is 2.88. The minimum Gasteiger partial charge on any atom is -0.351 e. The van der Waals surface area contributed by atoms with Gasteiger partial charge in [-0.05, 0) is 36.8 Å². The largest absolute Gasteiger partial charge is 0.351 e. The van der Waals surface area contributed by atoms with Crippen molar-refractivity contribution in [3.8, 4) is 0 Å². The molecule has 0 aromatic carbocycles. The number of nitrogens with zero attached hydrogens (tertiary/aromatic N) is 2. The van der Waals surface area contributed by atoms with Crippen molar-refractivity contribution in [2.75, 3.05) is 12.8 Å². The molecule has 0 aliphatic carbocycles. The smallest absolute Gasteiger partial charge is 0.211 e. The van der Waals surface area contributed by atoms with Gasteiger partial charge in [0.05, 0.1) is 6.26 Å². The van der Waals surface area contributed by atoms with Crippen LogP contribution in [0.3, 0.4) is 0 Å². The Kier molecular flexibility index (Phi) is 4.06. The second kappa shape index (κ2) is 5.29. The Bertz CT molecular complexity index is 558. The van der Waals surface area contributed by atoms with Crippen LogP contribution in [-0.2, 0) is 29.5 Å². The Labute approximate surface area is 116 Å². The number of rotatable bonds is 3. The minimum absolute atomic E-state index is 0.432. The van der Waals surface area contributed by atoms with Crippen LogP contribution >= 0.6 is 0 Å². The molecule has 0 bridgehead atoms.